The first kappa shape index (κ1) is 21.3. The topological polar surface area (TPSA) is 87.5 Å². The second-order valence-electron chi connectivity index (χ2n) is 8.55. The summed E-state index contributed by atoms with van der Waals surface area (Å²) in [5, 5.41) is 0.820. The van der Waals surface area contributed by atoms with E-state index < -0.39 is 11.9 Å². The highest BCUT2D eigenvalue weighted by Gasteiger charge is 2.33. The smallest absolute Gasteiger partial charge is 0.239 e. The number of hydrogen-bond donors (Lipinski definition) is 2. The number of carbonyl (C=O) groups is 1. The van der Waals surface area contributed by atoms with Crippen molar-refractivity contribution < 1.29 is 13.9 Å². The molecule has 1 fully saturated rings. The lowest BCUT2D eigenvalue weighted by Crippen LogP contribution is -2.57. The zero-order chi connectivity index (χ0) is 22.1. The van der Waals surface area contributed by atoms with Crippen molar-refractivity contribution in [1.29, 1.82) is 0 Å². The molecule has 0 radical (unpaired) electrons. The number of nitrogens with one attached hydrogen (secondary N) is 1. The number of halogens is 1. The van der Waals surface area contributed by atoms with E-state index in [1.807, 2.05) is 27.2 Å². The lowest BCUT2D eigenvalue weighted by atomic mass is 9.97. The van der Waals surface area contributed by atoms with E-state index in [2.05, 4.69) is 14.9 Å². The summed E-state index contributed by atoms with van der Waals surface area (Å²) in [6.07, 6.45) is 3.73. The fourth-order valence-electron chi connectivity index (χ4n) is 4.10. The lowest BCUT2D eigenvalue weighted by Gasteiger charge is -2.41. The molecule has 1 amide bonds. The van der Waals surface area contributed by atoms with Gasteiger partial charge in [-0.2, -0.15) is 0 Å². The van der Waals surface area contributed by atoms with Crippen LogP contribution in [0.2, 0.25) is 0 Å². The summed E-state index contributed by atoms with van der Waals surface area (Å²) in [7, 11) is 4.05. The quantitative estimate of drug-likeness (QED) is 0.608. The number of fused-ring (bicyclic) bond motifs is 1. The molecular formula is C23H28FN5O2. The van der Waals surface area contributed by atoms with Gasteiger partial charge in [-0.25, -0.2) is 9.37 Å². The van der Waals surface area contributed by atoms with Crippen molar-refractivity contribution in [1.82, 2.24) is 19.8 Å². The Bertz CT molecular complexity index is 1090. The number of nitrogens with two attached hydrogens (primary N) is 1. The highest BCUT2D eigenvalue weighted by atomic mass is 19.1. The molecule has 1 aliphatic heterocycles. The highest BCUT2D eigenvalue weighted by molar-refractivity contribution is 5.86. The monoisotopic (exact) mass is 425 g/mol. The van der Waals surface area contributed by atoms with E-state index in [0.29, 0.717) is 22.9 Å². The maximum atomic E-state index is 14.7. The standard InChI is InChI=1S/C23H28FN5O2/c1-14-10-27-22-21(14)20(6-7-26-22)31-19-5-4-15(8-17(19)24)9-18(25)23(30)29-12-16(13-29)11-28(2)3/h4-8,10,16,18H,9,11-13,25H2,1-3H3,(H,26,27). The Balaban J connectivity index is 1.40. The molecule has 1 atom stereocenters. The summed E-state index contributed by atoms with van der Waals surface area (Å²) in [4.78, 5) is 23.8. The second kappa shape index (κ2) is 8.64. The molecule has 1 unspecified atom stereocenters. The first-order valence-electron chi connectivity index (χ1n) is 10.4. The van der Waals surface area contributed by atoms with Gasteiger partial charge in [0.15, 0.2) is 11.6 Å². The van der Waals surface area contributed by atoms with Gasteiger partial charge in [-0.15, -0.1) is 0 Å². The van der Waals surface area contributed by atoms with Crippen LogP contribution in [0.4, 0.5) is 4.39 Å². The number of ether oxygens (including phenoxy) is 1. The number of aromatic amines is 1. The van der Waals surface area contributed by atoms with Crippen LogP contribution in [-0.4, -0.2) is 65.4 Å². The molecule has 7 nitrogen and oxygen atoms in total. The van der Waals surface area contributed by atoms with Gasteiger partial charge in [0.05, 0.1) is 11.4 Å². The van der Waals surface area contributed by atoms with Gasteiger partial charge in [0.2, 0.25) is 5.91 Å². The van der Waals surface area contributed by atoms with Crippen molar-refractivity contribution >= 4 is 16.9 Å². The first-order chi connectivity index (χ1) is 14.8. The third-order valence-corrected chi connectivity index (χ3v) is 5.61. The predicted molar refractivity (Wildman–Crippen MR) is 118 cm³/mol. The molecular weight excluding hydrogens is 397 g/mol. The maximum absolute atomic E-state index is 14.7. The van der Waals surface area contributed by atoms with Crippen molar-refractivity contribution in [3.05, 3.63) is 53.6 Å². The molecule has 1 saturated heterocycles. The Hall–Kier alpha value is -2.97. The Kier molecular flexibility index (Phi) is 5.93. The van der Waals surface area contributed by atoms with Crippen LogP contribution >= 0.6 is 0 Å². The molecule has 31 heavy (non-hydrogen) atoms. The van der Waals surface area contributed by atoms with Crippen LogP contribution < -0.4 is 10.5 Å². The van der Waals surface area contributed by atoms with E-state index in [9.17, 15) is 9.18 Å². The number of nitrogens with zero attached hydrogens (tertiary/aromatic N) is 3. The van der Waals surface area contributed by atoms with E-state index in [0.717, 1.165) is 30.6 Å². The number of aromatic nitrogens is 2. The van der Waals surface area contributed by atoms with Crippen molar-refractivity contribution in [2.45, 2.75) is 19.4 Å². The molecule has 3 N–H and O–H groups in total. The molecule has 0 spiro atoms. The number of aryl methyl sites for hydroxylation is 1. The van der Waals surface area contributed by atoms with Crippen LogP contribution in [0.25, 0.3) is 11.0 Å². The first-order valence-corrected chi connectivity index (χ1v) is 10.4. The largest absolute Gasteiger partial charge is 0.453 e. The summed E-state index contributed by atoms with van der Waals surface area (Å²) in [6, 6.07) is 5.73. The fourth-order valence-corrected chi connectivity index (χ4v) is 4.10. The van der Waals surface area contributed by atoms with Gasteiger partial charge < -0.3 is 25.3 Å². The molecule has 0 saturated carbocycles. The molecule has 1 aromatic carbocycles. The Morgan fingerprint density at radius 2 is 2.13 bits per heavy atom. The number of H-pyrrole nitrogens is 1. The van der Waals surface area contributed by atoms with Crippen LogP contribution in [0.3, 0.4) is 0 Å². The van der Waals surface area contributed by atoms with E-state index >= 15 is 0 Å². The summed E-state index contributed by atoms with van der Waals surface area (Å²) in [5.41, 5.74) is 8.44. The van der Waals surface area contributed by atoms with Crippen LogP contribution in [0.1, 0.15) is 11.1 Å². The van der Waals surface area contributed by atoms with Gasteiger partial charge in [-0.3, -0.25) is 4.79 Å². The van der Waals surface area contributed by atoms with E-state index in [4.69, 9.17) is 10.5 Å². The predicted octanol–water partition coefficient (Wildman–Crippen LogP) is 2.69. The number of carbonyl (C=O) groups excluding carboxylic acids is 1. The highest BCUT2D eigenvalue weighted by Crippen LogP contribution is 2.32. The third kappa shape index (κ3) is 4.55. The third-order valence-electron chi connectivity index (χ3n) is 5.61. The van der Waals surface area contributed by atoms with E-state index in [-0.39, 0.29) is 18.1 Å². The molecule has 0 bridgehead atoms. The van der Waals surface area contributed by atoms with E-state index in [1.54, 1.807) is 29.3 Å². The van der Waals surface area contributed by atoms with E-state index in [1.165, 1.54) is 6.07 Å². The second-order valence-corrected chi connectivity index (χ2v) is 8.55. The number of rotatable bonds is 7. The number of hydrogen-bond acceptors (Lipinski definition) is 5. The minimum Gasteiger partial charge on any atom is -0.453 e. The SMILES string of the molecule is Cc1c[nH]c2nccc(Oc3ccc(CC(N)C(=O)N4CC(CN(C)C)C4)cc3F)c12. The number of amides is 1. The molecule has 0 aliphatic carbocycles. The Labute approximate surface area is 181 Å². The number of pyridine rings is 1. The molecule has 8 heteroatoms. The Morgan fingerprint density at radius 3 is 2.84 bits per heavy atom. The average Bonchev–Trinajstić information content (AvgIpc) is 3.08. The number of likely N-dealkylation sites (tertiary alicyclic amines) is 1. The molecule has 3 aromatic rings. The summed E-state index contributed by atoms with van der Waals surface area (Å²) in [5.74, 6) is 0.560. The molecule has 2 aromatic heterocycles. The molecule has 164 valence electrons. The molecule has 4 rings (SSSR count). The molecule has 1 aliphatic rings. The van der Waals surface area contributed by atoms with Crippen molar-refractivity contribution in [2.75, 3.05) is 33.7 Å². The summed E-state index contributed by atoms with van der Waals surface area (Å²) < 4.78 is 20.6. The van der Waals surface area contributed by atoms with Gasteiger partial charge in [0.25, 0.3) is 0 Å². The minimum absolute atomic E-state index is 0.0853. The Morgan fingerprint density at radius 1 is 1.35 bits per heavy atom. The zero-order valence-corrected chi connectivity index (χ0v) is 18.1. The summed E-state index contributed by atoms with van der Waals surface area (Å²) >= 11 is 0. The van der Waals surface area contributed by atoms with Crippen LogP contribution in [0.15, 0.2) is 36.7 Å². The van der Waals surface area contributed by atoms with Crippen molar-refractivity contribution in [2.24, 2.45) is 11.7 Å². The van der Waals surface area contributed by atoms with Gasteiger partial charge in [-0.1, -0.05) is 6.07 Å². The minimum atomic E-state index is -0.686. The fraction of sp³-hybridized carbons (Fsp3) is 0.391. The lowest BCUT2D eigenvalue weighted by molar-refractivity contribution is -0.139. The van der Waals surface area contributed by atoms with Gasteiger partial charge in [-0.05, 0) is 56.8 Å². The maximum Gasteiger partial charge on any atom is 0.239 e. The van der Waals surface area contributed by atoms with Gasteiger partial charge >= 0.3 is 0 Å². The van der Waals surface area contributed by atoms with Crippen LogP contribution in [0.5, 0.6) is 11.5 Å². The van der Waals surface area contributed by atoms with Crippen LogP contribution in [0, 0.1) is 18.7 Å². The van der Waals surface area contributed by atoms with Crippen molar-refractivity contribution in [3.8, 4) is 11.5 Å². The van der Waals surface area contributed by atoms with Gasteiger partial charge in [0.1, 0.15) is 11.4 Å². The normalized spacial score (nSPS) is 15.4. The number of benzene rings is 1. The zero-order valence-electron chi connectivity index (χ0n) is 18.1. The molecule has 3 heterocycles. The van der Waals surface area contributed by atoms with Crippen molar-refractivity contribution in [3.63, 3.8) is 0 Å². The average molecular weight is 426 g/mol. The summed E-state index contributed by atoms with van der Waals surface area (Å²) in [6.45, 7) is 4.35. The van der Waals surface area contributed by atoms with Crippen LogP contribution in [-0.2, 0) is 11.2 Å². The van der Waals surface area contributed by atoms with Gasteiger partial charge in [0, 0.05) is 37.9 Å².